The molecule has 0 atom stereocenters. The van der Waals surface area contributed by atoms with E-state index in [1.54, 1.807) is 0 Å². The Balaban J connectivity index is 2.40. The first-order valence-corrected chi connectivity index (χ1v) is 3.77. The topological polar surface area (TPSA) is 26.9 Å². The van der Waals surface area contributed by atoms with Gasteiger partial charge in [-0.05, 0) is 12.8 Å². The third-order valence-corrected chi connectivity index (χ3v) is 1.98. The van der Waals surface area contributed by atoms with Crippen LogP contribution >= 0.6 is 0 Å². The van der Waals surface area contributed by atoms with Gasteiger partial charge in [-0.15, -0.1) is 0 Å². The summed E-state index contributed by atoms with van der Waals surface area (Å²) in [5, 5.41) is 0. The Morgan fingerprint density at radius 2 is 2.08 bits per heavy atom. The largest absolute Gasteiger partial charge is 0.332 e. The van der Waals surface area contributed by atoms with E-state index in [9.17, 15) is 13.6 Å². The van der Waals surface area contributed by atoms with Crippen LogP contribution in [0.3, 0.4) is 0 Å². The lowest BCUT2D eigenvalue weighted by Crippen LogP contribution is -2.23. The Morgan fingerprint density at radius 1 is 1.42 bits per heavy atom. The molecule has 1 aliphatic rings. The molecule has 12 heavy (non-hydrogen) atoms. The van der Waals surface area contributed by atoms with E-state index < -0.39 is 12.2 Å². The summed E-state index contributed by atoms with van der Waals surface area (Å²) < 4.78 is 26.0. The van der Waals surface area contributed by atoms with Gasteiger partial charge < -0.3 is 0 Å². The monoisotopic (exact) mass is 174 g/mol. The minimum Gasteiger partial charge on any atom is -0.296 e. The van der Waals surface area contributed by atoms with Gasteiger partial charge >= 0.3 is 12.2 Å². The fourth-order valence-corrected chi connectivity index (χ4v) is 1.18. The lowest BCUT2D eigenvalue weighted by molar-refractivity contribution is 0.0659. The first kappa shape index (κ1) is 7.52. The normalized spacial score (nSPS) is 17.2. The van der Waals surface area contributed by atoms with Crippen molar-refractivity contribution in [1.82, 2.24) is 9.13 Å². The summed E-state index contributed by atoms with van der Waals surface area (Å²) in [7, 11) is 0. The van der Waals surface area contributed by atoms with Crippen molar-refractivity contribution in [3.63, 3.8) is 0 Å². The van der Waals surface area contributed by atoms with Crippen molar-refractivity contribution >= 4 is 0 Å². The van der Waals surface area contributed by atoms with E-state index >= 15 is 0 Å². The molecule has 0 bridgehead atoms. The van der Waals surface area contributed by atoms with E-state index in [1.807, 2.05) is 0 Å². The van der Waals surface area contributed by atoms with Gasteiger partial charge in [-0.2, -0.15) is 8.78 Å². The van der Waals surface area contributed by atoms with Crippen molar-refractivity contribution in [3.05, 3.63) is 22.9 Å². The molecule has 0 unspecified atom stereocenters. The average Bonchev–Trinajstić information content (AvgIpc) is 2.75. The predicted octanol–water partition coefficient (Wildman–Crippen LogP) is 1.38. The average molecular weight is 174 g/mol. The summed E-state index contributed by atoms with van der Waals surface area (Å²) in [5.74, 6) is 0. The van der Waals surface area contributed by atoms with Crippen molar-refractivity contribution in [3.8, 4) is 0 Å². The molecule has 3 nitrogen and oxygen atoms in total. The second kappa shape index (κ2) is 2.43. The van der Waals surface area contributed by atoms with E-state index in [0.29, 0.717) is 4.57 Å². The SMILES string of the molecule is O=c1n(C(F)F)ccn1C1CC1. The quantitative estimate of drug-likeness (QED) is 0.665. The van der Waals surface area contributed by atoms with Crippen LogP contribution in [0.25, 0.3) is 0 Å². The van der Waals surface area contributed by atoms with Crippen LogP contribution in [0.1, 0.15) is 25.4 Å². The zero-order valence-corrected chi connectivity index (χ0v) is 6.28. The highest BCUT2D eigenvalue weighted by molar-refractivity contribution is 4.91. The molecule has 5 heteroatoms. The predicted molar refractivity (Wildman–Crippen MR) is 38.2 cm³/mol. The van der Waals surface area contributed by atoms with Crippen LogP contribution in [-0.4, -0.2) is 9.13 Å². The Morgan fingerprint density at radius 3 is 2.50 bits per heavy atom. The van der Waals surface area contributed by atoms with Gasteiger partial charge in [-0.3, -0.25) is 4.57 Å². The van der Waals surface area contributed by atoms with Gasteiger partial charge in [-0.1, -0.05) is 0 Å². The van der Waals surface area contributed by atoms with Crippen molar-refractivity contribution in [2.75, 3.05) is 0 Å². The maximum atomic E-state index is 12.1. The van der Waals surface area contributed by atoms with E-state index in [0.717, 1.165) is 19.0 Å². The van der Waals surface area contributed by atoms with Crippen LogP contribution < -0.4 is 5.69 Å². The highest BCUT2D eigenvalue weighted by Crippen LogP contribution is 2.33. The minimum atomic E-state index is -2.72. The molecule has 0 spiro atoms. The molecule has 0 amide bonds. The fourth-order valence-electron chi connectivity index (χ4n) is 1.18. The number of rotatable bonds is 2. The number of alkyl halides is 2. The minimum absolute atomic E-state index is 0.164. The summed E-state index contributed by atoms with van der Waals surface area (Å²) in [6.45, 7) is -2.72. The molecule has 1 heterocycles. The molecule has 1 saturated carbocycles. The maximum Gasteiger partial charge on any atom is 0.332 e. The van der Waals surface area contributed by atoms with Crippen molar-refractivity contribution in [1.29, 1.82) is 0 Å². The third-order valence-electron chi connectivity index (χ3n) is 1.98. The number of aromatic nitrogens is 2. The molecule has 1 aliphatic carbocycles. The number of hydrogen-bond acceptors (Lipinski definition) is 1. The second-order valence-corrected chi connectivity index (χ2v) is 2.90. The lowest BCUT2D eigenvalue weighted by Gasteiger charge is -1.97. The first-order valence-electron chi connectivity index (χ1n) is 3.77. The smallest absolute Gasteiger partial charge is 0.296 e. The van der Waals surface area contributed by atoms with Crippen molar-refractivity contribution < 1.29 is 8.78 Å². The molecular weight excluding hydrogens is 166 g/mol. The fraction of sp³-hybridized carbons (Fsp3) is 0.571. The van der Waals surface area contributed by atoms with Crippen molar-refractivity contribution in [2.45, 2.75) is 25.4 Å². The van der Waals surface area contributed by atoms with Gasteiger partial charge in [0.2, 0.25) is 0 Å². The Bertz CT molecular complexity index is 315. The molecule has 2 rings (SSSR count). The van der Waals surface area contributed by atoms with Gasteiger partial charge in [0, 0.05) is 18.4 Å². The van der Waals surface area contributed by atoms with Crippen LogP contribution in [-0.2, 0) is 0 Å². The van der Waals surface area contributed by atoms with E-state index in [-0.39, 0.29) is 6.04 Å². The first-order chi connectivity index (χ1) is 5.70. The molecular formula is C7H8F2N2O. The Kier molecular flexibility index (Phi) is 1.52. The van der Waals surface area contributed by atoms with E-state index in [2.05, 4.69) is 0 Å². The van der Waals surface area contributed by atoms with Gasteiger partial charge in [0.25, 0.3) is 0 Å². The Hall–Kier alpha value is -1.13. The van der Waals surface area contributed by atoms with Gasteiger partial charge in [0.1, 0.15) is 0 Å². The van der Waals surface area contributed by atoms with Gasteiger partial charge in [-0.25, -0.2) is 9.36 Å². The standard InChI is InChI=1S/C7H8F2N2O/c8-6(9)11-4-3-10(7(11)12)5-1-2-5/h3-6H,1-2H2. The third kappa shape index (κ3) is 1.05. The maximum absolute atomic E-state index is 12.1. The lowest BCUT2D eigenvalue weighted by atomic mass is 10.7. The van der Waals surface area contributed by atoms with Crippen LogP contribution in [0.5, 0.6) is 0 Å². The molecule has 1 fully saturated rings. The molecule has 0 radical (unpaired) electrons. The number of hydrogen-bond donors (Lipinski definition) is 0. The number of nitrogens with zero attached hydrogens (tertiary/aromatic N) is 2. The van der Waals surface area contributed by atoms with Gasteiger partial charge in [0.05, 0.1) is 0 Å². The zero-order chi connectivity index (χ0) is 8.72. The Labute approximate surface area is 67.2 Å². The van der Waals surface area contributed by atoms with Gasteiger partial charge in [0.15, 0.2) is 0 Å². The van der Waals surface area contributed by atoms with Crippen LogP contribution in [0.4, 0.5) is 8.78 Å². The highest BCUT2D eigenvalue weighted by Gasteiger charge is 2.26. The summed E-state index contributed by atoms with van der Waals surface area (Å²) in [6, 6.07) is 0.164. The van der Waals surface area contributed by atoms with E-state index in [1.165, 1.54) is 10.8 Å². The molecule has 1 aromatic rings. The molecule has 66 valence electrons. The summed E-state index contributed by atoms with van der Waals surface area (Å²) >= 11 is 0. The summed E-state index contributed by atoms with van der Waals surface area (Å²) in [4.78, 5) is 11.1. The number of imidazole rings is 1. The molecule has 0 saturated heterocycles. The number of halogens is 2. The zero-order valence-electron chi connectivity index (χ0n) is 6.28. The molecule has 1 aromatic heterocycles. The van der Waals surface area contributed by atoms with Crippen molar-refractivity contribution in [2.24, 2.45) is 0 Å². The van der Waals surface area contributed by atoms with Crippen LogP contribution in [0, 0.1) is 0 Å². The summed E-state index contributed by atoms with van der Waals surface area (Å²) in [6.07, 6.45) is 4.40. The molecule has 0 N–H and O–H groups in total. The van der Waals surface area contributed by atoms with Crippen LogP contribution in [0.15, 0.2) is 17.2 Å². The summed E-state index contributed by atoms with van der Waals surface area (Å²) in [5.41, 5.74) is -0.604. The van der Waals surface area contributed by atoms with Crippen LogP contribution in [0.2, 0.25) is 0 Å². The highest BCUT2D eigenvalue weighted by atomic mass is 19.3. The molecule has 0 aromatic carbocycles. The molecule has 0 aliphatic heterocycles. The van der Waals surface area contributed by atoms with E-state index in [4.69, 9.17) is 0 Å². The second-order valence-electron chi connectivity index (χ2n) is 2.90.